The topological polar surface area (TPSA) is 32.9 Å². The molecule has 90 valence electrons. The summed E-state index contributed by atoms with van der Waals surface area (Å²) in [5, 5.41) is 0.942. The molecule has 17 heavy (non-hydrogen) atoms. The van der Waals surface area contributed by atoms with Crippen LogP contribution < -0.4 is 0 Å². The predicted octanol–water partition coefficient (Wildman–Crippen LogP) is 4.21. The molecule has 2 aromatic rings. The van der Waals surface area contributed by atoms with Crippen LogP contribution in [0.4, 0.5) is 0 Å². The van der Waals surface area contributed by atoms with Crippen molar-refractivity contribution >= 4 is 27.7 Å². The van der Waals surface area contributed by atoms with E-state index in [1.807, 2.05) is 24.4 Å². The molecule has 2 rings (SSSR count). The Morgan fingerprint density at radius 2 is 2.18 bits per heavy atom. The Morgan fingerprint density at radius 3 is 2.88 bits per heavy atom. The lowest BCUT2D eigenvalue weighted by Crippen LogP contribution is -2.02. The molecule has 3 heteroatoms. The molecule has 2 nitrogen and oxygen atoms in total. The van der Waals surface area contributed by atoms with Crippen molar-refractivity contribution in [2.24, 2.45) is 0 Å². The lowest BCUT2D eigenvalue weighted by molar-refractivity contribution is -0.112. The summed E-state index contributed by atoms with van der Waals surface area (Å²) >= 11 is 5.53. The molecule has 0 radical (unpaired) electrons. The summed E-state index contributed by atoms with van der Waals surface area (Å²) in [7, 11) is 0. The zero-order valence-corrected chi connectivity index (χ0v) is 10.6. The van der Waals surface area contributed by atoms with Gasteiger partial charge in [0.15, 0.2) is 0 Å². The molecule has 0 aliphatic heterocycles. The Hall–Kier alpha value is -1.28. The van der Waals surface area contributed by atoms with E-state index >= 15 is 0 Å². The van der Waals surface area contributed by atoms with E-state index in [9.17, 15) is 4.79 Å². The number of aromatic amines is 1. The first-order valence-electron chi connectivity index (χ1n) is 5.96. The molecule has 1 atom stereocenters. The van der Waals surface area contributed by atoms with Gasteiger partial charge in [-0.1, -0.05) is 31.5 Å². The second-order valence-electron chi connectivity index (χ2n) is 4.33. The average Bonchev–Trinajstić information content (AvgIpc) is 2.71. The Bertz CT molecular complexity index is 518. The summed E-state index contributed by atoms with van der Waals surface area (Å²) in [6.07, 6.45) is 4.46. The number of aromatic nitrogens is 1. The first-order valence-corrected chi connectivity index (χ1v) is 6.34. The third-order valence-corrected chi connectivity index (χ3v) is 3.26. The van der Waals surface area contributed by atoms with Crippen molar-refractivity contribution in [3.05, 3.63) is 36.0 Å². The number of para-hydroxylation sites is 1. The quantitative estimate of drug-likeness (QED) is 0.792. The number of halogens is 1. The van der Waals surface area contributed by atoms with Gasteiger partial charge in [0.1, 0.15) is 0 Å². The van der Waals surface area contributed by atoms with Crippen molar-refractivity contribution in [1.82, 2.24) is 4.98 Å². The van der Waals surface area contributed by atoms with Gasteiger partial charge in [-0.3, -0.25) is 4.79 Å². The van der Waals surface area contributed by atoms with E-state index in [0.717, 1.165) is 18.4 Å². The fourth-order valence-electron chi connectivity index (χ4n) is 2.34. The van der Waals surface area contributed by atoms with Crippen LogP contribution in [0.3, 0.4) is 0 Å². The molecule has 0 aliphatic rings. The van der Waals surface area contributed by atoms with E-state index in [-0.39, 0.29) is 11.2 Å². The van der Waals surface area contributed by atoms with Crippen LogP contribution in [0, 0.1) is 0 Å². The summed E-state index contributed by atoms with van der Waals surface area (Å²) in [5.41, 5.74) is 2.32. The molecular formula is C14H16ClNO. The lowest BCUT2D eigenvalue weighted by atomic mass is 9.91. The normalized spacial score (nSPS) is 12.8. The van der Waals surface area contributed by atoms with E-state index < -0.39 is 0 Å². The van der Waals surface area contributed by atoms with Gasteiger partial charge < -0.3 is 4.98 Å². The Kier molecular flexibility index (Phi) is 3.85. The fraction of sp³-hybridized carbons (Fsp3) is 0.357. The number of hydrogen-bond donors (Lipinski definition) is 1. The highest BCUT2D eigenvalue weighted by molar-refractivity contribution is 6.63. The van der Waals surface area contributed by atoms with Crippen LogP contribution in [-0.4, -0.2) is 10.2 Å². The Morgan fingerprint density at radius 1 is 1.41 bits per heavy atom. The molecule has 1 aromatic carbocycles. The highest BCUT2D eigenvalue weighted by Crippen LogP contribution is 2.31. The van der Waals surface area contributed by atoms with Gasteiger partial charge in [0.25, 0.3) is 0 Å². The largest absolute Gasteiger partial charge is 0.361 e. The van der Waals surface area contributed by atoms with E-state index in [4.69, 9.17) is 11.6 Å². The minimum atomic E-state index is -0.256. The second-order valence-corrected chi connectivity index (χ2v) is 4.76. The number of carbonyl (C=O) groups is 1. The maximum atomic E-state index is 11.1. The molecule has 1 N–H and O–H groups in total. The minimum Gasteiger partial charge on any atom is -0.361 e. The highest BCUT2D eigenvalue weighted by Gasteiger charge is 2.17. The third-order valence-electron chi connectivity index (χ3n) is 3.11. The second kappa shape index (κ2) is 5.37. The minimum absolute atomic E-state index is 0.223. The smallest absolute Gasteiger partial charge is 0.222 e. The first kappa shape index (κ1) is 12.2. The summed E-state index contributed by atoms with van der Waals surface area (Å²) in [5.74, 6) is 0.223. The first-order chi connectivity index (χ1) is 8.22. The van der Waals surface area contributed by atoms with Crippen LogP contribution in [0.15, 0.2) is 30.5 Å². The van der Waals surface area contributed by atoms with Gasteiger partial charge in [-0.15, -0.1) is 0 Å². The van der Waals surface area contributed by atoms with Gasteiger partial charge in [0.05, 0.1) is 0 Å². The van der Waals surface area contributed by atoms with Crippen LogP contribution >= 0.6 is 11.6 Å². The maximum absolute atomic E-state index is 11.1. The van der Waals surface area contributed by atoms with Gasteiger partial charge in [-0.2, -0.15) is 0 Å². The SMILES string of the molecule is CCCC(CC(=O)Cl)c1c[nH]c2ccccc12. The Balaban J connectivity index is 2.37. The van der Waals surface area contributed by atoms with Crippen LogP contribution in [0.1, 0.15) is 37.7 Å². The number of hydrogen-bond acceptors (Lipinski definition) is 1. The maximum Gasteiger partial charge on any atom is 0.222 e. The molecule has 1 heterocycles. The molecule has 1 aromatic heterocycles. The molecule has 0 spiro atoms. The van der Waals surface area contributed by atoms with Crippen molar-refractivity contribution in [3.63, 3.8) is 0 Å². The van der Waals surface area contributed by atoms with E-state index in [0.29, 0.717) is 6.42 Å². The number of nitrogens with one attached hydrogen (secondary N) is 1. The lowest BCUT2D eigenvalue weighted by Gasteiger charge is -2.13. The van der Waals surface area contributed by atoms with Gasteiger partial charge in [-0.05, 0) is 35.6 Å². The molecule has 1 unspecified atom stereocenters. The number of rotatable bonds is 5. The molecule has 0 fully saturated rings. The van der Waals surface area contributed by atoms with Crippen molar-refractivity contribution in [1.29, 1.82) is 0 Å². The van der Waals surface area contributed by atoms with E-state index in [2.05, 4.69) is 18.0 Å². The number of benzene rings is 1. The van der Waals surface area contributed by atoms with Crippen LogP contribution in [-0.2, 0) is 4.79 Å². The standard InChI is InChI=1S/C14H16ClNO/c1-2-5-10(8-14(15)17)12-9-16-13-7-4-3-6-11(12)13/h3-4,6-7,9-10,16H,2,5,8H2,1H3. The molecule has 0 saturated carbocycles. The molecule has 0 amide bonds. The monoisotopic (exact) mass is 249 g/mol. The third kappa shape index (κ3) is 2.70. The highest BCUT2D eigenvalue weighted by atomic mass is 35.5. The van der Waals surface area contributed by atoms with Gasteiger partial charge >= 0.3 is 0 Å². The summed E-state index contributed by atoms with van der Waals surface area (Å²) in [6, 6.07) is 8.15. The van der Waals surface area contributed by atoms with Gasteiger partial charge in [-0.25, -0.2) is 0 Å². The predicted molar refractivity (Wildman–Crippen MR) is 71.4 cm³/mol. The Labute approximate surface area is 106 Å². The van der Waals surface area contributed by atoms with Crippen LogP contribution in [0.2, 0.25) is 0 Å². The summed E-state index contributed by atoms with van der Waals surface area (Å²) < 4.78 is 0. The van der Waals surface area contributed by atoms with Gasteiger partial charge in [0, 0.05) is 23.5 Å². The number of carbonyl (C=O) groups excluding carboxylic acids is 1. The summed E-state index contributed by atoms with van der Waals surface area (Å²) in [4.78, 5) is 14.4. The number of H-pyrrole nitrogens is 1. The molecular weight excluding hydrogens is 234 g/mol. The van der Waals surface area contributed by atoms with Crippen molar-refractivity contribution < 1.29 is 4.79 Å². The van der Waals surface area contributed by atoms with E-state index in [1.165, 1.54) is 10.9 Å². The van der Waals surface area contributed by atoms with Crippen molar-refractivity contribution in [2.75, 3.05) is 0 Å². The van der Waals surface area contributed by atoms with Crippen molar-refractivity contribution in [3.8, 4) is 0 Å². The van der Waals surface area contributed by atoms with Crippen LogP contribution in [0.25, 0.3) is 10.9 Å². The van der Waals surface area contributed by atoms with E-state index in [1.54, 1.807) is 0 Å². The van der Waals surface area contributed by atoms with Crippen LogP contribution in [0.5, 0.6) is 0 Å². The molecule has 0 bridgehead atoms. The van der Waals surface area contributed by atoms with Gasteiger partial charge in [0.2, 0.25) is 5.24 Å². The summed E-state index contributed by atoms with van der Waals surface area (Å²) in [6.45, 7) is 2.13. The molecule has 0 saturated heterocycles. The van der Waals surface area contributed by atoms with Crippen molar-refractivity contribution in [2.45, 2.75) is 32.1 Å². The fourth-order valence-corrected chi connectivity index (χ4v) is 2.53. The average molecular weight is 250 g/mol. The zero-order valence-electron chi connectivity index (χ0n) is 9.87. The molecule has 0 aliphatic carbocycles. The number of fused-ring (bicyclic) bond motifs is 1. The zero-order chi connectivity index (χ0) is 12.3.